The Labute approximate surface area is 185 Å². The molecule has 0 aliphatic carbocycles. The van der Waals surface area contributed by atoms with Crippen LogP contribution in [0, 0.1) is 12.5 Å². The lowest BCUT2D eigenvalue weighted by atomic mass is 10.0. The molecule has 0 aliphatic rings. The van der Waals surface area contributed by atoms with E-state index in [4.69, 9.17) is 11.2 Å². The predicted molar refractivity (Wildman–Crippen MR) is 121 cm³/mol. The van der Waals surface area contributed by atoms with E-state index in [0.29, 0.717) is 5.56 Å². The average molecular weight is 430 g/mol. The molecule has 31 heavy (non-hydrogen) atoms. The summed E-state index contributed by atoms with van der Waals surface area (Å²) < 4.78 is 5.15. The van der Waals surface area contributed by atoms with Crippen molar-refractivity contribution in [1.82, 2.24) is 15.5 Å². The number of terminal acetylenes is 1. The van der Waals surface area contributed by atoms with Crippen molar-refractivity contribution in [2.45, 2.75) is 78.5 Å². The van der Waals surface area contributed by atoms with Gasteiger partial charge in [-0.15, -0.1) is 0 Å². The van der Waals surface area contributed by atoms with Crippen LogP contribution < -0.4 is 10.6 Å². The van der Waals surface area contributed by atoms with E-state index in [2.05, 4.69) is 16.7 Å². The lowest BCUT2D eigenvalue weighted by Crippen LogP contribution is -2.47. The summed E-state index contributed by atoms with van der Waals surface area (Å²) in [6.07, 6.45) is 7.47. The molecule has 0 heterocycles. The summed E-state index contributed by atoms with van der Waals surface area (Å²) in [4.78, 5) is 38.9. The molecule has 3 amide bonds. The molecule has 7 nitrogen and oxygen atoms in total. The van der Waals surface area contributed by atoms with E-state index in [0.717, 1.165) is 29.7 Å². The van der Waals surface area contributed by atoms with E-state index in [1.807, 2.05) is 32.9 Å². The molecule has 0 fully saturated rings. The van der Waals surface area contributed by atoms with Gasteiger partial charge in [0, 0.05) is 12.1 Å². The van der Waals surface area contributed by atoms with E-state index in [1.165, 1.54) is 0 Å². The van der Waals surface area contributed by atoms with Crippen molar-refractivity contribution in [1.29, 1.82) is 0 Å². The summed E-state index contributed by atoms with van der Waals surface area (Å²) in [6.45, 7) is 10.7. The van der Waals surface area contributed by atoms with Crippen molar-refractivity contribution in [3.05, 3.63) is 35.4 Å². The number of nitrogens with zero attached hydrogens (tertiary/aromatic N) is 1. The maximum absolute atomic E-state index is 13.1. The molecular formula is C24H35N3O4. The van der Waals surface area contributed by atoms with Crippen molar-refractivity contribution in [2.75, 3.05) is 6.54 Å². The van der Waals surface area contributed by atoms with Gasteiger partial charge in [-0.3, -0.25) is 14.5 Å². The Kier molecular flexibility index (Phi) is 10.1. The minimum atomic E-state index is -1.01. The molecule has 170 valence electrons. The van der Waals surface area contributed by atoms with Crippen LogP contribution in [0.5, 0.6) is 0 Å². The lowest BCUT2D eigenvalue weighted by Gasteiger charge is -2.28. The number of ether oxygens (including phenoxy) is 1. The van der Waals surface area contributed by atoms with E-state index in [-0.39, 0.29) is 18.5 Å². The number of hydrogen-bond donors (Lipinski definition) is 2. The molecule has 2 atom stereocenters. The van der Waals surface area contributed by atoms with Gasteiger partial charge in [0.2, 0.25) is 5.91 Å². The molecule has 1 rings (SSSR count). The first-order chi connectivity index (χ1) is 14.5. The van der Waals surface area contributed by atoms with Gasteiger partial charge >= 0.3 is 6.09 Å². The van der Waals surface area contributed by atoms with Gasteiger partial charge in [-0.05, 0) is 51.7 Å². The molecule has 0 bridgehead atoms. The molecule has 1 aromatic rings. The molecule has 0 saturated carbocycles. The minimum Gasteiger partial charge on any atom is -0.444 e. The fourth-order valence-corrected chi connectivity index (χ4v) is 3.02. The van der Waals surface area contributed by atoms with Gasteiger partial charge in [0.05, 0.1) is 0 Å². The first-order valence-corrected chi connectivity index (χ1v) is 10.7. The SMILES string of the molecule is C#CN(C(=O)CNC(=O)OC(C)(C)C)C(C(=O)NC(C)CCC)c1ccc(CC)cc1. The third-order valence-electron chi connectivity index (χ3n) is 4.51. The van der Waals surface area contributed by atoms with Crippen LogP contribution in [-0.4, -0.2) is 41.0 Å². The molecular weight excluding hydrogens is 394 g/mol. The van der Waals surface area contributed by atoms with Gasteiger partial charge in [0.25, 0.3) is 5.91 Å². The van der Waals surface area contributed by atoms with Crippen molar-refractivity contribution in [3.63, 3.8) is 0 Å². The summed E-state index contributed by atoms with van der Waals surface area (Å²) in [5.74, 6) is -0.954. The van der Waals surface area contributed by atoms with Gasteiger partial charge in [-0.1, -0.05) is 51.0 Å². The zero-order valence-electron chi connectivity index (χ0n) is 19.5. The van der Waals surface area contributed by atoms with Crippen LogP contribution in [0.3, 0.4) is 0 Å². The number of benzene rings is 1. The number of carbonyl (C=O) groups excluding carboxylic acids is 3. The maximum Gasteiger partial charge on any atom is 0.408 e. The van der Waals surface area contributed by atoms with Gasteiger partial charge in [-0.25, -0.2) is 4.79 Å². The quantitative estimate of drug-likeness (QED) is 0.464. The highest BCUT2D eigenvalue weighted by molar-refractivity contribution is 5.91. The third-order valence-corrected chi connectivity index (χ3v) is 4.51. The van der Waals surface area contributed by atoms with E-state index in [9.17, 15) is 14.4 Å². The first-order valence-electron chi connectivity index (χ1n) is 10.7. The van der Waals surface area contributed by atoms with Crippen LogP contribution in [0.25, 0.3) is 0 Å². The van der Waals surface area contributed by atoms with Crippen molar-refractivity contribution >= 4 is 17.9 Å². The second-order valence-corrected chi connectivity index (χ2v) is 8.44. The highest BCUT2D eigenvalue weighted by atomic mass is 16.6. The summed E-state index contributed by atoms with van der Waals surface area (Å²) in [5, 5.41) is 5.33. The number of carbonyl (C=O) groups is 3. The minimum absolute atomic E-state index is 0.0653. The topological polar surface area (TPSA) is 87.7 Å². The highest BCUT2D eigenvalue weighted by Gasteiger charge is 2.31. The smallest absolute Gasteiger partial charge is 0.408 e. The Balaban J connectivity index is 3.09. The number of alkyl carbamates (subject to hydrolysis) is 1. The van der Waals surface area contributed by atoms with Crippen molar-refractivity contribution < 1.29 is 19.1 Å². The van der Waals surface area contributed by atoms with Crippen LogP contribution >= 0.6 is 0 Å². The number of amides is 3. The standard InChI is InChI=1S/C24H35N3O4/c1-8-11-17(4)26-22(29)21(19-14-12-18(9-2)13-15-19)27(10-3)20(28)16-25-23(30)31-24(5,6)7/h3,12-15,17,21H,8-9,11,16H2,1-2,4-7H3,(H,25,30)(H,26,29). The molecule has 0 aromatic heterocycles. The second kappa shape index (κ2) is 12.0. The maximum atomic E-state index is 13.1. The van der Waals surface area contributed by atoms with E-state index < -0.39 is 23.6 Å². The molecule has 0 radical (unpaired) electrons. The highest BCUT2D eigenvalue weighted by Crippen LogP contribution is 2.22. The summed E-state index contributed by atoms with van der Waals surface area (Å²) >= 11 is 0. The number of rotatable bonds is 9. The average Bonchev–Trinajstić information content (AvgIpc) is 2.69. The van der Waals surface area contributed by atoms with E-state index >= 15 is 0 Å². The van der Waals surface area contributed by atoms with Crippen molar-refractivity contribution in [2.24, 2.45) is 0 Å². The molecule has 7 heteroatoms. The number of hydrogen-bond acceptors (Lipinski definition) is 4. The second-order valence-electron chi connectivity index (χ2n) is 8.44. The van der Waals surface area contributed by atoms with Gasteiger partial charge < -0.3 is 15.4 Å². The van der Waals surface area contributed by atoms with Gasteiger partial charge in [0.15, 0.2) is 0 Å². The van der Waals surface area contributed by atoms with Gasteiger partial charge in [-0.2, -0.15) is 0 Å². The molecule has 2 unspecified atom stereocenters. The predicted octanol–water partition coefficient (Wildman–Crippen LogP) is 3.54. The molecule has 2 N–H and O–H groups in total. The zero-order chi connectivity index (χ0) is 23.6. The number of aryl methyl sites for hydroxylation is 1. The Bertz CT molecular complexity index is 791. The largest absolute Gasteiger partial charge is 0.444 e. The molecule has 0 aliphatic heterocycles. The molecule has 0 saturated heterocycles. The van der Waals surface area contributed by atoms with Crippen LogP contribution in [-0.2, 0) is 20.7 Å². The van der Waals surface area contributed by atoms with Crippen LogP contribution in [0.1, 0.15) is 71.6 Å². The molecule has 1 aromatic carbocycles. The molecule has 0 spiro atoms. The van der Waals surface area contributed by atoms with Crippen LogP contribution in [0.2, 0.25) is 0 Å². The number of nitrogens with one attached hydrogen (secondary N) is 2. The van der Waals surface area contributed by atoms with Crippen LogP contribution in [0.4, 0.5) is 4.79 Å². The Morgan fingerprint density at radius 1 is 1.16 bits per heavy atom. The Morgan fingerprint density at radius 3 is 2.26 bits per heavy atom. The Morgan fingerprint density at radius 2 is 1.77 bits per heavy atom. The van der Waals surface area contributed by atoms with Crippen molar-refractivity contribution in [3.8, 4) is 12.5 Å². The van der Waals surface area contributed by atoms with E-state index in [1.54, 1.807) is 32.9 Å². The summed E-state index contributed by atoms with van der Waals surface area (Å²) in [7, 11) is 0. The third kappa shape index (κ3) is 8.71. The normalized spacial score (nSPS) is 12.8. The van der Waals surface area contributed by atoms with Gasteiger partial charge in [0.1, 0.15) is 18.2 Å². The summed E-state index contributed by atoms with van der Waals surface area (Å²) in [6, 6.07) is 8.65. The fourth-order valence-electron chi connectivity index (χ4n) is 3.02. The summed E-state index contributed by atoms with van der Waals surface area (Å²) in [5.41, 5.74) is 1.01. The monoisotopic (exact) mass is 429 g/mol. The Hall–Kier alpha value is -3.01. The first kappa shape index (κ1) is 26.0. The zero-order valence-corrected chi connectivity index (χ0v) is 19.5. The lowest BCUT2D eigenvalue weighted by molar-refractivity contribution is -0.136. The van der Waals surface area contributed by atoms with Crippen LogP contribution in [0.15, 0.2) is 24.3 Å². The fraction of sp³-hybridized carbons (Fsp3) is 0.542.